The van der Waals surface area contributed by atoms with Crippen LogP contribution in [0.2, 0.25) is 0 Å². The summed E-state index contributed by atoms with van der Waals surface area (Å²) in [5.41, 5.74) is 1.36. The summed E-state index contributed by atoms with van der Waals surface area (Å²) in [4.78, 5) is 0. The number of hydrogen-bond donors (Lipinski definition) is 1. The molecule has 0 saturated carbocycles. The molecule has 1 fully saturated rings. The Morgan fingerprint density at radius 1 is 1.53 bits per heavy atom. The quantitative estimate of drug-likeness (QED) is 0.824. The Labute approximate surface area is 91.9 Å². The van der Waals surface area contributed by atoms with E-state index in [0.717, 1.165) is 13.1 Å². The molecule has 1 N–H and O–H groups in total. The first kappa shape index (κ1) is 10.7. The van der Waals surface area contributed by atoms with Crippen molar-refractivity contribution in [3.8, 4) is 0 Å². The highest BCUT2D eigenvalue weighted by molar-refractivity contribution is 5.07. The van der Waals surface area contributed by atoms with Gasteiger partial charge in [0.1, 0.15) is 0 Å². The lowest BCUT2D eigenvalue weighted by atomic mass is 10.0. The molecule has 0 aromatic carbocycles. The smallest absolute Gasteiger partial charge is 0.0553 e. The van der Waals surface area contributed by atoms with E-state index in [1.54, 1.807) is 0 Å². The van der Waals surface area contributed by atoms with E-state index in [1.807, 2.05) is 6.20 Å². The van der Waals surface area contributed by atoms with Crippen LogP contribution in [-0.4, -0.2) is 16.3 Å². The van der Waals surface area contributed by atoms with Crippen LogP contribution in [0, 0.1) is 5.92 Å². The van der Waals surface area contributed by atoms with Gasteiger partial charge in [0.2, 0.25) is 0 Å². The van der Waals surface area contributed by atoms with Crippen molar-refractivity contribution in [1.82, 2.24) is 15.1 Å². The molecule has 0 aliphatic carbocycles. The van der Waals surface area contributed by atoms with Gasteiger partial charge in [0.05, 0.1) is 5.69 Å². The number of aromatic nitrogens is 2. The summed E-state index contributed by atoms with van der Waals surface area (Å²) in [6, 6.07) is 2.69. The lowest BCUT2D eigenvalue weighted by Gasteiger charge is -2.24. The molecule has 3 nitrogen and oxygen atoms in total. The molecule has 3 heteroatoms. The summed E-state index contributed by atoms with van der Waals surface area (Å²) in [6.45, 7) is 6.65. The molecular weight excluding hydrogens is 186 g/mol. The fraction of sp³-hybridized carbons (Fsp3) is 0.750. The summed E-state index contributed by atoms with van der Waals surface area (Å²) >= 11 is 0. The number of nitrogens with zero attached hydrogens (tertiary/aromatic N) is 2. The molecule has 0 spiro atoms. The molecule has 2 rings (SSSR count). The van der Waals surface area contributed by atoms with E-state index in [-0.39, 0.29) is 0 Å². The minimum absolute atomic E-state index is 0.528. The van der Waals surface area contributed by atoms with Gasteiger partial charge in [0.15, 0.2) is 0 Å². The molecule has 2 heterocycles. The van der Waals surface area contributed by atoms with Gasteiger partial charge in [-0.25, -0.2) is 0 Å². The van der Waals surface area contributed by atoms with Gasteiger partial charge in [0.25, 0.3) is 0 Å². The van der Waals surface area contributed by atoms with Crippen LogP contribution in [0.15, 0.2) is 12.3 Å². The van der Waals surface area contributed by atoms with Gasteiger partial charge in [-0.3, -0.25) is 4.68 Å². The van der Waals surface area contributed by atoms with E-state index in [4.69, 9.17) is 0 Å². The van der Waals surface area contributed by atoms with Gasteiger partial charge in [0, 0.05) is 18.8 Å². The van der Waals surface area contributed by atoms with Crippen molar-refractivity contribution in [2.45, 2.75) is 45.7 Å². The van der Waals surface area contributed by atoms with Crippen LogP contribution in [0.5, 0.6) is 0 Å². The Morgan fingerprint density at radius 3 is 3.07 bits per heavy atom. The molecule has 0 amide bonds. The van der Waals surface area contributed by atoms with Crippen molar-refractivity contribution in [1.29, 1.82) is 0 Å². The summed E-state index contributed by atoms with van der Waals surface area (Å²) in [7, 11) is 0. The minimum atomic E-state index is 0.528. The molecule has 1 aliphatic heterocycles. The second-order valence-electron chi connectivity index (χ2n) is 4.83. The van der Waals surface area contributed by atoms with Crippen LogP contribution >= 0.6 is 0 Å². The van der Waals surface area contributed by atoms with Crippen LogP contribution in [0.3, 0.4) is 0 Å². The Balaban J connectivity index is 2.09. The lowest BCUT2D eigenvalue weighted by Crippen LogP contribution is -2.29. The van der Waals surface area contributed by atoms with Crippen LogP contribution in [0.1, 0.15) is 44.8 Å². The molecule has 1 aliphatic rings. The third-order valence-electron chi connectivity index (χ3n) is 2.95. The third kappa shape index (κ3) is 2.59. The molecule has 1 unspecified atom stereocenters. The number of hydrogen-bond acceptors (Lipinski definition) is 2. The Kier molecular flexibility index (Phi) is 3.41. The molecule has 1 aromatic rings. The monoisotopic (exact) mass is 207 g/mol. The maximum Gasteiger partial charge on any atom is 0.0553 e. The summed E-state index contributed by atoms with van der Waals surface area (Å²) < 4.78 is 2.16. The van der Waals surface area contributed by atoms with Gasteiger partial charge in [-0.2, -0.15) is 5.10 Å². The van der Waals surface area contributed by atoms with E-state index >= 15 is 0 Å². The predicted molar refractivity (Wildman–Crippen MR) is 61.7 cm³/mol. The van der Waals surface area contributed by atoms with Crippen LogP contribution in [-0.2, 0) is 6.54 Å². The minimum Gasteiger partial charge on any atom is -0.309 e. The molecular formula is C12H21N3. The Hall–Kier alpha value is -0.830. The second-order valence-corrected chi connectivity index (χ2v) is 4.83. The van der Waals surface area contributed by atoms with Gasteiger partial charge in [-0.1, -0.05) is 20.3 Å². The fourth-order valence-electron chi connectivity index (χ4n) is 2.24. The Bertz CT molecular complexity index is 298. The normalized spacial score (nSPS) is 22.2. The first-order chi connectivity index (χ1) is 7.27. The van der Waals surface area contributed by atoms with Crippen molar-refractivity contribution in [3.05, 3.63) is 18.0 Å². The molecule has 0 radical (unpaired) electrons. The summed E-state index contributed by atoms with van der Waals surface area (Å²) in [5, 5.41) is 7.98. The zero-order valence-electron chi connectivity index (χ0n) is 9.74. The predicted octanol–water partition coefficient (Wildman–Crippen LogP) is 2.35. The molecule has 15 heavy (non-hydrogen) atoms. The topological polar surface area (TPSA) is 29.9 Å². The van der Waals surface area contributed by atoms with Crippen molar-refractivity contribution in [2.24, 2.45) is 5.92 Å². The SMILES string of the molecule is CC(C)Cn1nccc1C1CCCCN1. The molecule has 1 saturated heterocycles. The molecule has 0 bridgehead atoms. The largest absolute Gasteiger partial charge is 0.309 e. The first-order valence-electron chi connectivity index (χ1n) is 6.02. The highest BCUT2D eigenvalue weighted by Crippen LogP contribution is 2.22. The van der Waals surface area contributed by atoms with Gasteiger partial charge in [-0.05, 0) is 31.4 Å². The van der Waals surface area contributed by atoms with E-state index in [1.165, 1.54) is 25.0 Å². The van der Waals surface area contributed by atoms with Crippen molar-refractivity contribution in [3.63, 3.8) is 0 Å². The van der Waals surface area contributed by atoms with Crippen molar-refractivity contribution >= 4 is 0 Å². The number of nitrogens with one attached hydrogen (secondary N) is 1. The first-order valence-corrected chi connectivity index (χ1v) is 6.02. The zero-order chi connectivity index (χ0) is 10.7. The molecule has 1 atom stereocenters. The van der Waals surface area contributed by atoms with E-state index in [0.29, 0.717) is 12.0 Å². The average Bonchev–Trinajstić information content (AvgIpc) is 2.66. The van der Waals surface area contributed by atoms with Crippen LogP contribution in [0.4, 0.5) is 0 Å². The second kappa shape index (κ2) is 4.79. The highest BCUT2D eigenvalue weighted by atomic mass is 15.3. The van der Waals surface area contributed by atoms with E-state index < -0.39 is 0 Å². The molecule has 1 aromatic heterocycles. The maximum absolute atomic E-state index is 4.41. The lowest BCUT2D eigenvalue weighted by molar-refractivity contribution is 0.373. The van der Waals surface area contributed by atoms with Crippen molar-refractivity contribution in [2.75, 3.05) is 6.54 Å². The Morgan fingerprint density at radius 2 is 2.40 bits per heavy atom. The standard InChI is InChI=1S/C12H21N3/c1-10(2)9-15-12(6-8-14-15)11-5-3-4-7-13-11/h6,8,10-11,13H,3-5,7,9H2,1-2H3. The van der Waals surface area contributed by atoms with E-state index in [9.17, 15) is 0 Å². The highest BCUT2D eigenvalue weighted by Gasteiger charge is 2.18. The van der Waals surface area contributed by atoms with Gasteiger partial charge >= 0.3 is 0 Å². The fourth-order valence-corrected chi connectivity index (χ4v) is 2.24. The summed E-state index contributed by atoms with van der Waals surface area (Å²) in [5.74, 6) is 0.659. The third-order valence-corrected chi connectivity index (χ3v) is 2.95. The zero-order valence-corrected chi connectivity index (χ0v) is 9.74. The van der Waals surface area contributed by atoms with Crippen LogP contribution < -0.4 is 5.32 Å². The maximum atomic E-state index is 4.41. The van der Waals surface area contributed by atoms with E-state index in [2.05, 4.69) is 35.0 Å². The van der Waals surface area contributed by atoms with Gasteiger partial charge < -0.3 is 5.32 Å². The van der Waals surface area contributed by atoms with Gasteiger partial charge in [-0.15, -0.1) is 0 Å². The average molecular weight is 207 g/mol. The van der Waals surface area contributed by atoms with Crippen molar-refractivity contribution < 1.29 is 0 Å². The number of piperidine rings is 1. The molecule has 84 valence electrons. The number of rotatable bonds is 3. The summed E-state index contributed by atoms with van der Waals surface area (Å²) in [6.07, 6.45) is 5.83. The van der Waals surface area contributed by atoms with Crippen LogP contribution in [0.25, 0.3) is 0 Å².